The highest BCUT2D eigenvalue weighted by molar-refractivity contribution is 6.02. The highest BCUT2D eigenvalue weighted by Crippen LogP contribution is 2.25. The lowest BCUT2D eigenvalue weighted by Crippen LogP contribution is -2.14. The number of aryl methyl sites for hydroxylation is 2. The van der Waals surface area contributed by atoms with Crippen LogP contribution in [0.2, 0.25) is 0 Å². The third kappa shape index (κ3) is 2.48. The Morgan fingerprint density at radius 1 is 1.39 bits per heavy atom. The summed E-state index contributed by atoms with van der Waals surface area (Å²) in [6.45, 7) is 3.67. The van der Waals surface area contributed by atoms with E-state index in [9.17, 15) is 4.79 Å². The molecule has 0 saturated carbocycles. The largest absolute Gasteiger partial charge is 0.495 e. The first kappa shape index (κ1) is 12.1. The van der Waals surface area contributed by atoms with Crippen molar-refractivity contribution in [1.29, 1.82) is 0 Å². The van der Waals surface area contributed by atoms with Gasteiger partial charge in [-0.3, -0.25) is 9.89 Å². The Morgan fingerprint density at radius 2 is 2.17 bits per heavy atom. The summed E-state index contributed by atoms with van der Waals surface area (Å²) in [5.41, 5.74) is 1.63. The van der Waals surface area contributed by atoms with E-state index in [1.54, 1.807) is 20.1 Å². The molecule has 0 saturated heterocycles. The second-order valence-electron chi connectivity index (χ2n) is 3.90. The molecule has 6 nitrogen and oxygen atoms in total. The molecule has 18 heavy (non-hydrogen) atoms. The predicted octanol–water partition coefficient (Wildman–Crippen LogP) is 1.68. The molecule has 0 aliphatic carbocycles. The van der Waals surface area contributed by atoms with Crippen molar-refractivity contribution in [3.05, 3.63) is 35.4 Å². The first-order valence-electron chi connectivity index (χ1n) is 5.45. The maximum absolute atomic E-state index is 11.9. The van der Waals surface area contributed by atoms with Crippen LogP contribution in [0, 0.1) is 13.8 Å². The number of carbonyl (C=O) groups is 1. The van der Waals surface area contributed by atoms with E-state index in [1.807, 2.05) is 19.1 Å². The summed E-state index contributed by atoms with van der Waals surface area (Å²) in [5, 5.41) is 9.15. The number of methoxy groups -OCH3 is 1. The molecule has 0 fully saturated rings. The molecule has 0 aliphatic heterocycles. The summed E-state index contributed by atoms with van der Waals surface area (Å²) in [6, 6.07) is 5.54. The molecular formula is C12H14N4O2. The van der Waals surface area contributed by atoms with Crippen molar-refractivity contribution in [2.75, 3.05) is 12.4 Å². The van der Waals surface area contributed by atoms with Gasteiger partial charge in [0, 0.05) is 0 Å². The number of nitrogens with zero attached hydrogens (tertiary/aromatic N) is 2. The van der Waals surface area contributed by atoms with E-state index in [4.69, 9.17) is 4.74 Å². The first-order valence-corrected chi connectivity index (χ1v) is 5.45. The molecule has 0 bridgehead atoms. The normalized spacial score (nSPS) is 10.2. The minimum Gasteiger partial charge on any atom is -0.495 e. The Balaban J connectivity index is 2.23. The molecular weight excluding hydrogens is 232 g/mol. The Kier molecular flexibility index (Phi) is 3.27. The average molecular weight is 246 g/mol. The van der Waals surface area contributed by atoms with Gasteiger partial charge in [-0.15, -0.1) is 5.10 Å². The van der Waals surface area contributed by atoms with E-state index in [1.165, 1.54) is 0 Å². The summed E-state index contributed by atoms with van der Waals surface area (Å²) in [7, 11) is 1.55. The predicted molar refractivity (Wildman–Crippen MR) is 66.8 cm³/mol. The maximum Gasteiger partial charge on any atom is 0.295 e. The number of H-pyrrole nitrogens is 1. The lowest BCUT2D eigenvalue weighted by molar-refractivity contribution is 0.101. The first-order chi connectivity index (χ1) is 8.60. The second kappa shape index (κ2) is 4.87. The number of aromatic nitrogens is 3. The van der Waals surface area contributed by atoms with Gasteiger partial charge >= 0.3 is 0 Å². The lowest BCUT2D eigenvalue weighted by Gasteiger charge is -2.09. The number of carbonyl (C=O) groups excluding carboxylic acids is 1. The fourth-order valence-corrected chi connectivity index (χ4v) is 1.54. The molecule has 1 aromatic carbocycles. The minimum atomic E-state index is -0.372. The third-order valence-corrected chi connectivity index (χ3v) is 2.40. The van der Waals surface area contributed by atoms with Gasteiger partial charge in [-0.2, -0.15) is 0 Å². The van der Waals surface area contributed by atoms with Crippen LogP contribution in [-0.2, 0) is 0 Å². The Bertz CT molecular complexity index is 577. The highest BCUT2D eigenvalue weighted by atomic mass is 16.5. The molecule has 0 unspecified atom stereocenters. The standard InChI is InChI=1S/C12H14N4O2/c1-7-4-5-10(18-3)9(6-7)14-12(17)11-13-8(2)15-16-11/h4-6H,1-3H3,(H,14,17)(H,13,15,16). The molecule has 2 rings (SSSR count). The van der Waals surface area contributed by atoms with Crippen LogP contribution >= 0.6 is 0 Å². The van der Waals surface area contributed by atoms with E-state index in [-0.39, 0.29) is 11.7 Å². The summed E-state index contributed by atoms with van der Waals surface area (Å²) in [6.07, 6.45) is 0. The van der Waals surface area contributed by atoms with Crippen LogP contribution in [0.25, 0.3) is 0 Å². The van der Waals surface area contributed by atoms with Crippen molar-refractivity contribution in [2.45, 2.75) is 13.8 Å². The van der Waals surface area contributed by atoms with Gasteiger partial charge in [0.15, 0.2) is 0 Å². The van der Waals surface area contributed by atoms with Crippen LogP contribution in [0.3, 0.4) is 0 Å². The number of hydrogen-bond donors (Lipinski definition) is 2. The third-order valence-electron chi connectivity index (χ3n) is 2.40. The molecule has 1 amide bonds. The van der Waals surface area contributed by atoms with Crippen LogP contribution in [0.4, 0.5) is 5.69 Å². The van der Waals surface area contributed by atoms with Gasteiger partial charge in [0.05, 0.1) is 12.8 Å². The fourth-order valence-electron chi connectivity index (χ4n) is 1.54. The molecule has 0 spiro atoms. The molecule has 94 valence electrons. The Hall–Kier alpha value is -2.37. The van der Waals surface area contributed by atoms with Crippen molar-refractivity contribution in [3.8, 4) is 5.75 Å². The number of rotatable bonds is 3. The number of benzene rings is 1. The zero-order valence-electron chi connectivity index (χ0n) is 10.4. The van der Waals surface area contributed by atoms with E-state index in [0.29, 0.717) is 17.3 Å². The lowest BCUT2D eigenvalue weighted by atomic mass is 10.2. The number of amides is 1. The molecule has 0 radical (unpaired) electrons. The van der Waals surface area contributed by atoms with Crippen molar-refractivity contribution in [3.63, 3.8) is 0 Å². The monoisotopic (exact) mass is 246 g/mol. The van der Waals surface area contributed by atoms with E-state index >= 15 is 0 Å². The topological polar surface area (TPSA) is 79.9 Å². The van der Waals surface area contributed by atoms with Gasteiger partial charge in [0.1, 0.15) is 11.6 Å². The zero-order chi connectivity index (χ0) is 13.1. The molecule has 2 aromatic rings. The molecule has 0 aliphatic rings. The van der Waals surface area contributed by atoms with Gasteiger partial charge in [-0.1, -0.05) is 6.07 Å². The van der Waals surface area contributed by atoms with Crippen LogP contribution in [0.15, 0.2) is 18.2 Å². The second-order valence-corrected chi connectivity index (χ2v) is 3.90. The van der Waals surface area contributed by atoms with Crippen LogP contribution in [0.1, 0.15) is 22.0 Å². The van der Waals surface area contributed by atoms with Crippen LogP contribution in [0.5, 0.6) is 5.75 Å². The highest BCUT2D eigenvalue weighted by Gasteiger charge is 2.13. The smallest absolute Gasteiger partial charge is 0.295 e. The van der Waals surface area contributed by atoms with Crippen LogP contribution < -0.4 is 10.1 Å². The number of aromatic amines is 1. The Labute approximate surface area is 104 Å². The molecule has 1 heterocycles. The van der Waals surface area contributed by atoms with Gasteiger partial charge in [0.25, 0.3) is 5.91 Å². The van der Waals surface area contributed by atoms with E-state index in [0.717, 1.165) is 5.56 Å². The maximum atomic E-state index is 11.9. The SMILES string of the molecule is COc1ccc(C)cc1NC(=O)c1n[nH]c(C)n1. The number of hydrogen-bond acceptors (Lipinski definition) is 4. The van der Waals surface area contributed by atoms with Gasteiger partial charge in [-0.05, 0) is 31.5 Å². The summed E-state index contributed by atoms with van der Waals surface area (Å²) >= 11 is 0. The zero-order valence-corrected chi connectivity index (χ0v) is 10.4. The summed E-state index contributed by atoms with van der Waals surface area (Å²) in [4.78, 5) is 15.9. The molecule has 2 N–H and O–H groups in total. The number of nitrogens with one attached hydrogen (secondary N) is 2. The van der Waals surface area contributed by atoms with Gasteiger partial charge in [-0.25, -0.2) is 4.98 Å². The molecule has 6 heteroatoms. The van der Waals surface area contributed by atoms with E-state index < -0.39 is 0 Å². The van der Waals surface area contributed by atoms with Crippen molar-refractivity contribution in [2.24, 2.45) is 0 Å². The van der Waals surface area contributed by atoms with Gasteiger partial charge < -0.3 is 10.1 Å². The average Bonchev–Trinajstić information content (AvgIpc) is 2.76. The molecule has 1 aromatic heterocycles. The number of anilines is 1. The molecule has 0 atom stereocenters. The van der Waals surface area contributed by atoms with E-state index in [2.05, 4.69) is 20.5 Å². The minimum absolute atomic E-state index is 0.107. The van der Waals surface area contributed by atoms with Crippen molar-refractivity contribution >= 4 is 11.6 Å². The number of ether oxygens (including phenoxy) is 1. The summed E-state index contributed by atoms with van der Waals surface area (Å²) < 4.78 is 5.18. The van der Waals surface area contributed by atoms with Crippen molar-refractivity contribution in [1.82, 2.24) is 15.2 Å². The summed E-state index contributed by atoms with van der Waals surface area (Å²) in [5.74, 6) is 0.928. The quantitative estimate of drug-likeness (QED) is 0.863. The van der Waals surface area contributed by atoms with Crippen LogP contribution in [-0.4, -0.2) is 28.2 Å². The van der Waals surface area contributed by atoms with Crippen molar-refractivity contribution < 1.29 is 9.53 Å². The Morgan fingerprint density at radius 3 is 2.78 bits per heavy atom. The fraction of sp³-hybridized carbons (Fsp3) is 0.250. The van der Waals surface area contributed by atoms with Gasteiger partial charge in [0.2, 0.25) is 5.82 Å².